The molecule has 0 aliphatic heterocycles. The van der Waals surface area contributed by atoms with Crippen molar-refractivity contribution < 1.29 is 9.84 Å². The first kappa shape index (κ1) is 21.8. The van der Waals surface area contributed by atoms with Crippen LogP contribution in [-0.4, -0.2) is 27.2 Å². The van der Waals surface area contributed by atoms with Gasteiger partial charge in [0.25, 0.3) is 0 Å². The molecule has 0 spiro atoms. The number of aliphatic hydroxyl groups is 1. The van der Waals surface area contributed by atoms with Crippen molar-refractivity contribution in [3.8, 4) is 5.75 Å². The van der Waals surface area contributed by atoms with E-state index < -0.39 is 6.10 Å². The van der Waals surface area contributed by atoms with Crippen LogP contribution in [0.5, 0.6) is 5.75 Å². The van der Waals surface area contributed by atoms with Gasteiger partial charge in [0, 0.05) is 18.4 Å². The SMILES string of the molecule is C=CCc1cc(CC(C)NC(c2ncc[nH]2)C(C)O)ccc1OCc1ccccc1. The monoisotopic (exact) mass is 405 g/mol. The van der Waals surface area contributed by atoms with Crippen LogP contribution in [-0.2, 0) is 19.4 Å². The Hall–Kier alpha value is -2.89. The highest BCUT2D eigenvalue weighted by Crippen LogP contribution is 2.24. The topological polar surface area (TPSA) is 70.2 Å². The fraction of sp³-hybridized carbons (Fsp3) is 0.320. The van der Waals surface area contributed by atoms with Crippen LogP contribution in [0.1, 0.15) is 42.4 Å². The van der Waals surface area contributed by atoms with Crippen molar-refractivity contribution in [1.82, 2.24) is 15.3 Å². The number of rotatable bonds is 11. The molecule has 0 radical (unpaired) electrons. The van der Waals surface area contributed by atoms with Gasteiger partial charge >= 0.3 is 0 Å². The number of nitrogens with one attached hydrogen (secondary N) is 2. The first-order valence-corrected chi connectivity index (χ1v) is 10.4. The van der Waals surface area contributed by atoms with Crippen molar-refractivity contribution in [1.29, 1.82) is 0 Å². The summed E-state index contributed by atoms with van der Waals surface area (Å²) in [7, 11) is 0. The van der Waals surface area contributed by atoms with E-state index in [2.05, 4.69) is 53.1 Å². The first-order valence-electron chi connectivity index (χ1n) is 10.4. The van der Waals surface area contributed by atoms with Crippen molar-refractivity contribution in [2.75, 3.05) is 0 Å². The van der Waals surface area contributed by atoms with E-state index >= 15 is 0 Å². The van der Waals surface area contributed by atoms with Crippen molar-refractivity contribution in [2.24, 2.45) is 0 Å². The van der Waals surface area contributed by atoms with Gasteiger partial charge in [-0.2, -0.15) is 0 Å². The molecule has 0 bridgehead atoms. The van der Waals surface area contributed by atoms with Gasteiger partial charge in [0.2, 0.25) is 0 Å². The minimum atomic E-state index is -0.552. The number of benzene rings is 2. The highest BCUT2D eigenvalue weighted by atomic mass is 16.5. The number of aromatic amines is 1. The Bertz CT molecular complexity index is 907. The number of allylic oxidation sites excluding steroid dienone is 1. The van der Waals surface area contributed by atoms with Crippen LogP contribution in [0, 0.1) is 0 Å². The van der Waals surface area contributed by atoms with E-state index in [1.807, 2.05) is 30.3 Å². The van der Waals surface area contributed by atoms with Gasteiger partial charge in [-0.25, -0.2) is 4.98 Å². The lowest BCUT2D eigenvalue weighted by molar-refractivity contribution is 0.135. The minimum Gasteiger partial charge on any atom is -0.489 e. The molecular formula is C25H31N3O2. The molecule has 2 aromatic carbocycles. The molecule has 0 saturated heterocycles. The third-order valence-corrected chi connectivity index (χ3v) is 5.03. The Kier molecular flexibility index (Phi) is 7.82. The maximum atomic E-state index is 10.2. The standard InChI is InChI=1S/C25H31N3O2/c1-4-8-22-16-21(11-12-23(22)30-17-20-9-6-5-7-10-20)15-18(2)28-24(19(3)29)25-26-13-14-27-25/h4-7,9-14,16,18-19,24,28-29H,1,8,15,17H2,2-3H3,(H,26,27). The van der Waals surface area contributed by atoms with Gasteiger partial charge in [-0.3, -0.25) is 0 Å². The zero-order chi connectivity index (χ0) is 21.3. The van der Waals surface area contributed by atoms with Crippen LogP contribution in [0.15, 0.2) is 73.6 Å². The number of H-pyrrole nitrogens is 1. The van der Waals surface area contributed by atoms with E-state index in [1.54, 1.807) is 19.3 Å². The third-order valence-electron chi connectivity index (χ3n) is 5.03. The first-order chi connectivity index (χ1) is 14.6. The molecule has 3 aromatic rings. The van der Waals surface area contributed by atoms with Crippen molar-refractivity contribution >= 4 is 0 Å². The Balaban J connectivity index is 1.66. The zero-order valence-electron chi connectivity index (χ0n) is 17.7. The van der Waals surface area contributed by atoms with Gasteiger partial charge in [-0.1, -0.05) is 48.5 Å². The molecule has 1 heterocycles. The number of ether oxygens (including phenoxy) is 1. The van der Waals surface area contributed by atoms with Crippen LogP contribution in [0.25, 0.3) is 0 Å². The molecule has 0 fully saturated rings. The van der Waals surface area contributed by atoms with E-state index in [1.165, 1.54) is 5.56 Å². The summed E-state index contributed by atoms with van der Waals surface area (Å²) in [5, 5.41) is 13.6. The van der Waals surface area contributed by atoms with E-state index in [-0.39, 0.29) is 12.1 Å². The van der Waals surface area contributed by atoms with Gasteiger partial charge < -0.3 is 20.1 Å². The van der Waals surface area contributed by atoms with Crippen LogP contribution in [0.4, 0.5) is 0 Å². The van der Waals surface area contributed by atoms with Crippen LogP contribution in [0.2, 0.25) is 0 Å². The summed E-state index contributed by atoms with van der Waals surface area (Å²) in [5.74, 6) is 1.63. The maximum Gasteiger partial charge on any atom is 0.125 e. The van der Waals surface area contributed by atoms with E-state index in [9.17, 15) is 5.11 Å². The summed E-state index contributed by atoms with van der Waals surface area (Å²) < 4.78 is 6.07. The second kappa shape index (κ2) is 10.8. The van der Waals surface area contributed by atoms with Gasteiger partial charge in [-0.15, -0.1) is 6.58 Å². The molecule has 30 heavy (non-hydrogen) atoms. The summed E-state index contributed by atoms with van der Waals surface area (Å²) >= 11 is 0. The summed E-state index contributed by atoms with van der Waals surface area (Å²) in [5.41, 5.74) is 3.48. The van der Waals surface area contributed by atoms with Gasteiger partial charge in [-0.05, 0) is 49.4 Å². The largest absolute Gasteiger partial charge is 0.489 e. The number of hydrogen-bond acceptors (Lipinski definition) is 4. The lowest BCUT2D eigenvalue weighted by atomic mass is 10.0. The fourth-order valence-electron chi connectivity index (χ4n) is 3.56. The van der Waals surface area contributed by atoms with E-state index in [4.69, 9.17) is 4.74 Å². The molecule has 0 saturated carbocycles. The Morgan fingerprint density at radius 2 is 1.97 bits per heavy atom. The second-order valence-electron chi connectivity index (χ2n) is 7.67. The lowest BCUT2D eigenvalue weighted by Gasteiger charge is -2.24. The smallest absolute Gasteiger partial charge is 0.125 e. The highest BCUT2D eigenvalue weighted by Gasteiger charge is 2.21. The molecule has 0 aliphatic rings. The molecule has 5 heteroatoms. The van der Waals surface area contributed by atoms with Crippen molar-refractivity contribution in [3.63, 3.8) is 0 Å². The number of hydrogen-bond donors (Lipinski definition) is 3. The number of nitrogens with zero attached hydrogens (tertiary/aromatic N) is 1. The lowest BCUT2D eigenvalue weighted by Crippen LogP contribution is -2.38. The summed E-state index contributed by atoms with van der Waals surface area (Å²) in [4.78, 5) is 7.38. The Morgan fingerprint density at radius 1 is 1.17 bits per heavy atom. The average Bonchev–Trinajstić information content (AvgIpc) is 3.27. The van der Waals surface area contributed by atoms with Gasteiger partial charge in [0.15, 0.2) is 0 Å². The molecule has 3 N–H and O–H groups in total. The normalized spacial score (nSPS) is 14.1. The molecule has 0 aliphatic carbocycles. The minimum absolute atomic E-state index is 0.155. The summed E-state index contributed by atoms with van der Waals surface area (Å²) in [6.07, 6.45) is 6.40. The van der Waals surface area contributed by atoms with Crippen LogP contribution < -0.4 is 10.1 Å². The number of imidazole rings is 1. The van der Waals surface area contributed by atoms with E-state index in [0.717, 1.165) is 35.5 Å². The number of aliphatic hydroxyl groups excluding tert-OH is 1. The predicted octanol–water partition coefficient (Wildman–Crippen LogP) is 4.36. The third kappa shape index (κ3) is 6.05. The molecular weight excluding hydrogens is 374 g/mol. The molecule has 3 atom stereocenters. The maximum absolute atomic E-state index is 10.2. The molecule has 3 rings (SSSR count). The molecule has 1 aromatic heterocycles. The highest BCUT2D eigenvalue weighted by molar-refractivity contribution is 5.39. The Morgan fingerprint density at radius 3 is 2.63 bits per heavy atom. The van der Waals surface area contributed by atoms with Crippen LogP contribution in [0.3, 0.4) is 0 Å². The molecule has 3 unspecified atom stereocenters. The second-order valence-corrected chi connectivity index (χ2v) is 7.67. The molecule has 5 nitrogen and oxygen atoms in total. The van der Waals surface area contributed by atoms with Gasteiger partial charge in [0.05, 0.1) is 12.1 Å². The Labute approximate surface area is 178 Å². The van der Waals surface area contributed by atoms with Gasteiger partial charge in [0.1, 0.15) is 18.2 Å². The number of aromatic nitrogens is 2. The van der Waals surface area contributed by atoms with Crippen LogP contribution >= 0.6 is 0 Å². The average molecular weight is 406 g/mol. The van der Waals surface area contributed by atoms with Crippen molar-refractivity contribution in [3.05, 3.63) is 96.1 Å². The predicted molar refractivity (Wildman–Crippen MR) is 120 cm³/mol. The summed E-state index contributed by atoms with van der Waals surface area (Å²) in [6.45, 7) is 8.32. The molecule has 158 valence electrons. The zero-order valence-corrected chi connectivity index (χ0v) is 17.7. The quantitative estimate of drug-likeness (QED) is 0.415. The van der Waals surface area contributed by atoms with Crippen molar-refractivity contribution in [2.45, 2.75) is 51.5 Å². The van der Waals surface area contributed by atoms with E-state index in [0.29, 0.717) is 6.61 Å². The summed E-state index contributed by atoms with van der Waals surface area (Å²) in [6, 6.07) is 16.4. The molecule has 0 amide bonds. The fourth-order valence-corrected chi connectivity index (χ4v) is 3.56.